The first kappa shape index (κ1) is 19.3. The number of thiazole rings is 1. The number of halogens is 1. The third-order valence-corrected chi connectivity index (χ3v) is 6.04. The molecular weight excluding hydrogens is 387 g/mol. The Bertz CT molecular complexity index is 1080. The molecule has 0 spiro atoms. The minimum Gasteiger partial charge on any atom is -0.492 e. The minimum absolute atomic E-state index is 0.0104. The van der Waals surface area contributed by atoms with Crippen LogP contribution < -0.4 is 9.46 Å². The van der Waals surface area contributed by atoms with Gasteiger partial charge in [0.2, 0.25) is 0 Å². The van der Waals surface area contributed by atoms with E-state index < -0.39 is 15.8 Å². The molecule has 0 saturated carbocycles. The zero-order chi connectivity index (χ0) is 19.6. The van der Waals surface area contributed by atoms with Gasteiger partial charge >= 0.3 is 0 Å². The maximum atomic E-state index is 13.3. The number of sulfonamides is 1. The molecule has 0 unspecified atom stereocenters. The number of nitrogens with one attached hydrogen (secondary N) is 1. The van der Waals surface area contributed by atoms with Gasteiger partial charge in [-0.1, -0.05) is 0 Å². The van der Waals surface area contributed by atoms with Crippen LogP contribution in [0, 0.1) is 19.7 Å². The molecule has 2 aromatic carbocycles. The highest BCUT2D eigenvalue weighted by molar-refractivity contribution is 7.92. The van der Waals surface area contributed by atoms with Crippen molar-refractivity contribution < 1.29 is 17.5 Å². The molecule has 0 fully saturated rings. The van der Waals surface area contributed by atoms with Crippen LogP contribution in [-0.2, 0) is 10.0 Å². The molecule has 0 aliphatic carbocycles. The van der Waals surface area contributed by atoms with Crippen LogP contribution >= 0.6 is 11.3 Å². The van der Waals surface area contributed by atoms with Gasteiger partial charge in [-0.05, 0) is 62.7 Å². The Morgan fingerprint density at radius 1 is 1.19 bits per heavy atom. The number of aryl methyl sites for hydroxylation is 2. The van der Waals surface area contributed by atoms with Gasteiger partial charge in [0.25, 0.3) is 10.0 Å². The van der Waals surface area contributed by atoms with Crippen molar-refractivity contribution in [2.45, 2.75) is 25.7 Å². The molecule has 1 heterocycles. The lowest BCUT2D eigenvalue weighted by molar-refractivity contribution is 0.331. The molecule has 0 atom stereocenters. The molecule has 142 valence electrons. The van der Waals surface area contributed by atoms with Gasteiger partial charge in [0, 0.05) is 10.9 Å². The summed E-state index contributed by atoms with van der Waals surface area (Å²) in [6.07, 6.45) is 0. The van der Waals surface area contributed by atoms with Crippen LogP contribution in [0.3, 0.4) is 0 Å². The average molecular weight is 407 g/mol. The normalized spacial score (nSPS) is 11.4. The number of hydrogen-bond donors (Lipinski definition) is 1. The molecule has 1 aromatic heterocycles. The van der Waals surface area contributed by atoms with Gasteiger partial charge in [0.1, 0.15) is 16.5 Å². The van der Waals surface area contributed by atoms with Gasteiger partial charge < -0.3 is 4.74 Å². The third kappa shape index (κ3) is 4.28. The third-order valence-electron chi connectivity index (χ3n) is 3.88. The van der Waals surface area contributed by atoms with Crippen LogP contribution in [-0.4, -0.2) is 20.0 Å². The fourth-order valence-corrected chi connectivity index (χ4v) is 4.51. The van der Waals surface area contributed by atoms with Crippen molar-refractivity contribution in [3.05, 3.63) is 58.2 Å². The first-order chi connectivity index (χ1) is 12.8. The Hall–Kier alpha value is -2.45. The molecule has 0 aliphatic rings. The van der Waals surface area contributed by atoms with E-state index in [4.69, 9.17) is 4.74 Å². The summed E-state index contributed by atoms with van der Waals surface area (Å²) in [6, 6.07) is 8.83. The van der Waals surface area contributed by atoms with E-state index in [-0.39, 0.29) is 10.6 Å². The second-order valence-electron chi connectivity index (χ2n) is 5.91. The van der Waals surface area contributed by atoms with Crippen molar-refractivity contribution in [1.82, 2.24) is 4.98 Å². The fourth-order valence-electron chi connectivity index (χ4n) is 2.59. The van der Waals surface area contributed by atoms with Gasteiger partial charge in [-0.2, -0.15) is 0 Å². The molecule has 0 aliphatic heterocycles. The van der Waals surface area contributed by atoms with E-state index in [0.29, 0.717) is 29.1 Å². The Kier molecular flexibility index (Phi) is 5.48. The molecule has 5 nitrogen and oxygen atoms in total. The second kappa shape index (κ2) is 7.66. The minimum atomic E-state index is -3.95. The maximum absolute atomic E-state index is 13.3. The van der Waals surface area contributed by atoms with Gasteiger partial charge in [0.15, 0.2) is 0 Å². The summed E-state index contributed by atoms with van der Waals surface area (Å²) in [5, 5.41) is 2.77. The smallest absolute Gasteiger partial charge is 0.265 e. The Balaban J connectivity index is 2.06. The lowest BCUT2D eigenvalue weighted by Gasteiger charge is -2.15. The zero-order valence-electron chi connectivity index (χ0n) is 15.1. The molecule has 1 N–H and O–H groups in total. The standard InChI is InChI=1S/C19H19FN2O3S2/c1-4-25-18-8-5-14(17-11-26-13(3)21-17)10-19(18)27(23,24)22-16-7-6-15(20)9-12(16)2/h5-11,22H,4H2,1-3H3. The van der Waals surface area contributed by atoms with E-state index in [1.54, 1.807) is 32.0 Å². The molecule has 27 heavy (non-hydrogen) atoms. The molecule has 0 radical (unpaired) electrons. The quantitative estimate of drug-likeness (QED) is 0.640. The van der Waals surface area contributed by atoms with Crippen molar-refractivity contribution in [2.24, 2.45) is 0 Å². The van der Waals surface area contributed by atoms with Crippen molar-refractivity contribution in [1.29, 1.82) is 0 Å². The van der Waals surface area contributed by atoms with Crippen LogP contribution in [0.25, 0.3) is 11.3 Å². The number of nitrogens with zero attached hydrogens (tertiary/aromatic N) is 1. The summed E-state index contributed by atoms with van der Waals surface area (Å²) >= 11 is 1.49. The van der Waals surface area contributed by atoms with E-state index in [1.807, 2.05) is 12.3 Å². The maximum Gasteiger partial charge on any atom is 0.265 e. The van der Waals surface area contributed by atoms with Gasteiger partial charge in [-0.25, -0.2) is 17.8 Å². The highest BCUT2D eigenvalue weighted by Gasteiger charge is 2.22. The SMILES string of the molecule is CCOc1ccc(-c2csc(C)n2)cc1S(=O)(=O)Nc1ccc(F)cc1C. The fraction of sp³-hybridized carbons (Fsp3) is 0.211. The molecule has 3 rings (SSSR count). The van der Waals surface area contributed by atoms with E-state index in [1.165, 1.54) is 29.5 Å². The molecule has 0 bridgehead atoms. The summed E-state index contributed by atoms with van der Waals surface area (Å²) in [5.41, 5.74) is 2.19. The topological polar surface area (TPSA) is 68.3 Å². The summed E-state index contributed by atoms with van der Waals surface area (Å²) in [4.78, 5) is 4.42. The predicted octanol–water partition coefficient (Wildman–Crippen LogP) is 4.77. The Morgan fingerprint density at radius 3 is 2.59 bits per heavy atom. The van der Waals surface area contributed by atoms with Crippen LogP contribution in [0.4, 0.5) is 10.1 Å². The molecule has 0 saturated heterocycles. The van der Waals surface area contributed by atoms with Crippen molar-refractivity contribution in [3.63, 3.8) is 0 Å². The van der Waals surface area contributed by atoms with Crippen molar-refractivity contribution in [3.8, 4) is 17.0 Å². The summed E-state index contributed by atoms with van der Waals surface area (Å²) < 4.78 is 47.4. The first-order valence-electron chi connectivity index (χ1n) is 8.28. The van der Waals surface area contributed by atoms with Crippen LogP contribution in [0.15, 0.2) is 46.7 Å². The van der Waals surface area contributed by atoms with Gasteiger partial charge in [-0.3, -0.25) is 4.72 Å². The molecular formula is C19H19FN2O3S2. The zero-order valence-corrected chi connectivity index (χ0v) is 16.7. The monoisotopic (exact) mass is 406 g/mol. The number of ether oxygens (including phenoxy) is 1. The van der Waals surface area contributed by atoms with Crippen LogP contribution in [0.1, 0.15) is 17.5 Å². The summed E-state index contributed by atoms with van der Waals surface area (Å²) in [5.74, 6) is -0.174. The van der Waals surface area contributed by atoms with Gasteiger partial charge in [0.05, 0.1) is 23.0 Å². The predicted molar refractivity (Wildman–Crippen MR) is 105 cm³/mol. The van der Waals surface area contributed by atoms with E-state index in [9.17, 15) is 12.8 Å². The highest BCUT2D eigenvalue weighted by atomic mass is 32.2. The van der Waals surface area contributed by atoms with Crippen molar-refractivity contribution >= 4 is 27.0 Å². The number of benzene rings is 2. The van der Waals surface area contributed by atoms with E-state index in [0.717, 1.165) is 5.01 Å². The first-order valence-corrected chi connectivity index (χ1v) is 10.6. The summed E-state index contributed by atoms with van der Waals surface area (Å²) in [7, 11) is -3.95. The number of anilines is 1. The van der Waals surface area contributed by atoms with Gasteiger partial charge in [-0.15, -0.1) is 11.3 Å². The lowest BCUT2D eigenvalue weighted by Crippen LogP contribution is -2.15. The second-order valence-corrected chi connectivity index (χ2v) is 8.62. The van der Waals surface area contributed by atoms with E-state index in [2.05, 4.69) is 9.71 Å². The van der Waals surface area contributed by atoms with Crippen molar-refractivity contribution in [2.75, 3.05) is 11.3 Å². The number of hydrogen-bond acceptors (Lipinski definition) is 5. The molecule has 8 heteroatoms. The lowest BCUT2D eigenvalue weighted by atomic mass is 10.2. The largest absolute Gasteiger partial charge is 0.492 e. The number of aromatic nitrogens is 1. The molecule has 0 amide bonds. The molecule has 3 aromatic rings. The highest BCUT2D eigenvalue weighted by Crippen LogP contribution is 2.32. The summed E-state index contributed by atoms with van der Waals surface area (Å²) in [6.45, 7) is 5.64. The van der Waals surface area contributed by atoms with Crippen LogP contribution in [0.5, 0.6) is 5.75 Å². The Morgan fingerprint density at radius 2 is 1.96 bits per heavy atom. The van der Waals surface area contributed by atoms with E-state index >= 15 is 0 Å². The van der Waals surface area contributed by atoms with Crippen LogP contribution in [0.2, 0.25) is 0 Å². The average Bonchev–Trinajstić information content (AvgIpc) is 3.04. The Labute approximate surface area is 161 Å². The number of rotatable bonds is 6.